The lowest BCUT2D eigenvalue weighted by Crippen LogP contribution is -2.52. The number of ketones is 1. The van der Waals surface area contributed by atoms with E-state index in [1.165, 1.54) is 38.5 Å². The second kappa shape index (κ2) is 8.94. The lowest BCUT2D eigenvalue weighted by Gasteiger charge is -2.56. The summed E-state index contributed by atoms with van der Waals surface area (Å²) < 4.78 is 8.47. The number of hydrogen-bond acceptors (Lipinski definition) is 3. The summed E-state index contributed by atoms with van der Waals surface area (Å²) in [7, 11) is 1.95. The van der Waals surface area contributed by atoms with Crippen molar-refractivity contribution in [3.63, 3.8) is 0 Å². The van der Waals surface area contributed by atoms with Crippen molar-refractivity contribution in [3.8, 4) is 11.3 Å². The number of fused-ring (bicyclic) bond motifs is 1. The van der Waals surface area contributed by atoms with Gasteiger partial charge in [-0.05, 0) is 74.3 Å². The minimum Gasteiger partial charge on any atom is -0.375 e. The van der Waals surface area contributed by atoms with Crippen LogP contribution in [0.15, 0.2) is 54.6 Å². The monoisotopic (exact) mass is 470 g/mol. The maximum absolute atomic E-state index is 13.4. The SMILES string of the molecule is Cn1c(-c2ccccc2)c(C(=O)C(=O)NCCCOC23CC4CC(CC(C4)C2)C3)c2ccccc21. The van der Waals surface area contributed by atoms with Gasteiger partial charge in [0.25, 0.3) is 11.7 Å². The minimum absolute atomic E-state index is 0.0854. The van der Waals surface area contributed by atoms with Crippen molar-refractivity contribution in [2.24, 2.45) is 24.8 Å². The minimum atomic E-state index is -0.548. The van der Waals surface area contributed by atoms with E-state index in [4.69, 9.17) is 4.74 Å². The Morgan fingerprint density at radius 2 is 1.57 bits per heavy atom. The molecule has 0 unspecified atom stereocenters. The van der Waals surface area contributed by atoms with E-state index >= 15 is 0 Å². The normalized spacial score (nSPS) is 26.8. The van der Waals surface area contributed by atoms with Crippen LogP contribution in [-0.2, 0) is 16.6 Å². The lowest BCUT2D eigenvalue weighted by atomic mass is 9.54. The first-order chi connectivity index (χ1) is 17.0. The fourth-order valence-corrected chi connectivity index (χ4v) is 7.52. The number of hydrogen-bond donors (Lipinski definition) is 1. The molecule has 1 heterocycles. The van der Waals surface area contributed by atoms with Crippen LogP contribution in [0.25, 0.3) is 22.2 Å². The highest BCUT2D eigenvalue weighted by Crippen LogP contribution is 2.57. The summed E-state index contributed by atoms with van der Waals surface area (Å²) in [5.74, 6) is 1.55. The zero-order chi connectivity index (χ0) is 24.0. The molecule has 7 rings (SSSR count). The summed E-state index contributed by atoms with van der Waals surface area (Å²) in [6.07, 6.45) is 8.58. The second-order valence-corrected chi connectivity index (χ2v) is 11.1. The quantitative estimate of drug-likeness (QED) is 0.268. The van der Waals surface area contributed by atoms with Gasteiger partial charge < -0.3 is 14.6 Å². The molecule has 4 saturated carbocycles. The van der Waals surface area contributed by atoms with Gasteiger partial charge in [0.2, 0.25) is 0 Å². The molecule has 5 heteroatoms. The van der Waals surface area contributed by atoms with Gasteiger partial charge in [-0.15, -0.1) is 0 Å². The van der Waals surface area contributed by atoms with Crippen molar-refractivity contribution in [1.29, 1.82) is 0 Å². The van der Waals surface area contributed by atoms with Crippen molar-refractivity contribution in [2.45, 2.75) is 50.5 Å². The van der Waals surface area contributed by atoms with Gasteiger partial charge >= 0.3 is 0 Å². The van der Waals surface area contributed by atoms with E-state index in [9.17, 15) is 9.59 Å². The number of nitrogens with zero attached hydrogens (tertiary/aromatic N) is 1. The van der Waals surface area contributed by atoms with Gasteiger partial charge in [-0.2, -0.15) is 0 Å². The molecule has 0 atom stereocenters. The Morgan fingerprint density at radius 1 is 0.943 bits per heavy atom. The predicted octanol–water partition coefficient (Wildman–Crippen LogP) is 5.52. The first kappa shape index (κ1) is 22.5. The lowest BCUT2D eigenvalue weighted by molar-refractivity contribution is -0.162. The van der Waals surface area contributed by atoms with E-state index in [2.05, 4.69) is 5.32 Å². The Bertz CT molecular complexity index is 1220. The van der Waals surface area contributed by atoms with Crippen LogP contribution in [0.3, 0.4) is 0 Å². The average molecular weight is 471 g/mol. The van der Waals surface area contributed by atoms with Gasteiger partial charge in [-0.25, -0.2) is 0 Å². The molecule has 4 aliphatic carbocycles. The van der Waals surface area contributed by atoms with Gasteiger partial charge in [0.15, 0.2) is 0 Å². The third-order valence-electron chi connectivity index (χ3n) is 8.58. The Balaban J connectivity index is 1.11. The standard InChI is InChI=1S/C30H34N2O3/c1-32-25-11-6-5-10-24(25)26(27(32)23-8-3-2-4-9-23)28(33)29(34)31-12-7-13-35-30-17-20-14-21(18-30)16-22(15-20)19-30/h2-6,8-11,20-22H,7,12-19H2,1H3,(H,31,34). The summed E-state index contributed by atoms with van der Waals surface area (Å²) in [6, 6.07) is 17.6. The molecule has 0 aliphatic heterocycles. The largest absolute Gasteiger partial charge is 0.375 e. The fraction of sp³-hybridized carbons (Fsp3) is 0.467. The highest BCUT2D eigenvalue weighted by atomic mass is 16.5. The van der Waals surface area contributed by atoms with Crippen LogP contribution in [-0.4, -0.2) is 35.0 Å². The van der Waals surface area contributed by atoms with Crippen LogP contribution in [0.2, 0.25) is 0 Å². The molecular weight excluding hydrogens is 436 g/mol. The predicted molar refractivity (Wildman–Crippen MR) is 137 cm³/mol. The molecule has 4 fully saturated rings. The third kappa shape index (κ3) is 4.10. The molecule has 1 N–H and O–H groups in total. The zero-order valence-corrected chi connectivity index (χ0v) is 20.5. The van der Waals surface area contributed by atoms with Crippen LogP contribution in [0.4, 0.5) is 0 Å². The van der Waals surface area contributed by atoms with Crippen LogP contribution in [0.5, 0.6) is 0 Å². The molecule has 0 saturated heterocycles. The maximum Gasteiger partial charge on any atom is 0.292 e. The van der Waals surface area contributed by atoms with Gasteiger partial charge in [0.1, 0.15) is 0 Å². The first-order valence-corrected chi connectivity index (χ1v) is 13.1. The third-order valence-corrected chi connectivity index (χ3v) is 8.58. The Labute approximate surface area is 206 Å². The first-order valence-electron chi connectivity index (χ1n) is 13.1. The van der Waals surface area contributed by atoms with E-state index in [1.807, 2.05) is 66.2 Å². The number of ether oxygens (including phenoxy) is 1. The fourth-order valence-electron chi connectivity index (χ4n) is 7.52. The van der Waals surface area contributed by atoms with Gasteiger partial charge in [-0.3, -0.25) is 9.59 Å². The molecule has 0 spiro atoms. The van der Waals surface area contributed by atoms with Crippen molar-refractivity contribution in [1.82, 2.24) is 9.88 Å². The van der Waals surface area contributed by atoms with Gasteiger partial charge in [0.05, 0.1) is 16.9 Å². The summed E-state index contributed by atoms with van der Waals surface area (Å²) in [5, 5.41) is 3.67. The van der Waals surface area contributed by atoms with E-state index in [0.717, 1.165) is 46.3 Å². The van der Waals surface area contributed by atoms with Crippen LogP contribution in [0, 0.1) is 17.8 Å². The van der Waals surface area contributed by atoms with E-state index < -0.39 is 11.7 Å². The molecule has 35 heavy (non-hydrogen) atoms. The summed E-state index contributed by atoms with van der Waals surface area (Å²) in [4.78, 5) is 26.4. The Hall–Kier alpha value is -2.92. The molecular formula is C30H34N2O3. The van der Waals surface area contributed by atoms with Crippen LogP contribution < -0.4 is 5.32 Å². The van der Waals surface area contributed by atoms with Crippen molar-refractivity contribution in [2.75, 3.05) is 13.2 Å². The zero-order valence-electron chi connectivity index (χ0n) is 20.5. The number of rotatable bonds is 8. The molecule has 1 aromatic heterocycles. The van der Waals surface area contributed by atoms with Crippen molar-refractivity contribution < 1.29 is 14.3 Å². The molecule has 1 amide bonds. The number of amides is 1. The number of Topliss-reactive ketones (excluding diaryl/α,β-unsaturated/α-hetero) is 1. The van der Waals surface area contributed by atoms with E-state index in [1.54, 1.807) is 0 Å². The molecule has 4 aliphatic rings. The molecule has 0 radical (unpaired) electrons. The smallest absolute Gasteiger partial charge is 0.292 e. The molecule has 5 nitrogen and oxygen atoms in total. The van der Waals surface area contributed by atoms with Crippen LogP contribution in [0.1, 0.15) is 55.3 Å². The number of aryl methyl sites for hydroxylation is 1. The number of para-hydroxylation sites is 1. The molecule has 182 valence electrons. The second-order valence-electron chi connectivity index (χ2n) is 11.1. The molecule has 2 aromatic carbocycles. The van der Waals surface area contributed by atoms with E-state index in [0.29, 0.717) is 18.7 Å². The number of benzene rings is 2. The van der Waals surface area contributed by atoms with Gasteiger partial charge in [0, 0.05) is 31.1 Å². The van der Waals surface area contributed by atoms with Crippen molar-refractivity contribution >= 4 is 22.6 Å². The highest BCUT2D eigenvalue weighted by Gasteiger charge is 2.51. The highest BCUT2D eigenvalue weighted by molar-refractivity contribution is 6.46. The summed E-state index contributed by atoms with van der Waals surface area (Å²) in [5.41, 5.74) is 3.19. The Morgan fingerprint density at radius 3 is 2.26 bits per heavy atom. The number of carbonyl (C=O) groups excluding carboxylic acids is 2. The molecule has 3 aromatic rings. The topological polar surface area (TPSA) is 60.3 Å². The van der Waals surface area contributed by atoms with Gasteiger partial charge in [-0.1, -0.05) is 48.5 Å². The Kier molecular flexibility index (Phi) is 5.76. The van der Waals surface area contributed by atoms with Crippen molar-refractivity contribution in [3.05, 3.63) is 60.2 Å². The molecule has 4 bridgehead atoms. The maximum atomic E-state index is 13.4. The summed E-state index contributed by atoms with van der Waals surface area (Å²) in [6.45, 7) is 1.09. The summed E-state index contributed by atoms with van der Waals surface area (Å²) >= 11 is 0. The van der Waals surface area contributed by atoms with Crippen LogP contribution >= 0.6 is 0 Å². The van der Waals surface area contributed by atoms with E-state index in [-0.39, 0.29) is 5.60 Å². The average Bonchev–Trinajstić information content (AvgIpc) is 3.15. The number of carbonyl (C=O) groups is 2. The number of aromatic nitrogens is 1. The number of nitrogens with one attached hydrogen (secondary N) is 1.